The van der Waals surface area contributed by atoms with Crippen molar-refractivity contribution in [1.29, 1.82) is 0 Å². The lowest BCUT2D eigenvalue weighted by molar-refractivity contribution is 0.344. The number of hydrogen-bond donors (Lipinski definition) is 1. The van der Waals surface area contributed by atoms with Gasteiger partial charge >= 0.3 is 6.01 Å². The summed E-state index contributed by atoms with van der Waals surface area (Å²) in [5.74, 6) is 0.593. The zero-order chi connectivity index (χ0) is 13.8. The second-order valence-electron chi connectivity index (χ2n) is 4.62. The van der Waals surface area contributed by atoms with Crippen LogP contribution < -0.4 is 5.32 Å². The molecule has 0 spiro atoms. The van der Waals surface area contributed by atoms with Gasteiger partial charge in [-0.15, -0.1) is 5.10 Å². The monoisotopic (exact) mass is 280 g/mol. The minimum absolute atomic E-state index is 0.427. The molecule has 0 atom stereocenters. The van der Waals surface area contributed by atoms with Crippen LogP contribution in [0.1, 0.15) is 17.0 Å². The Kier molecular flexibility index (Phi) is 4.39. The van der Waals surface area contributed by atoms with E-state index in [2.05, 4.69) is 15.5 Å². The highest BCUT2D eigenvalue weighted by Gasteiger charge is 2.07. The number of anilines is 1. The van der Waals surface area contributed by atoms with Gasteiger partial charge in [-0.1, -0.05) is 28.8 Å². The summed E-state index contributed by atoms with van der Waals surface area (Å²) in [7, 11) is 3.90. The Hall–Kier alpha value is -1.59. The zero-order valence-electron chi connectivity index (χ0n) is 11.3. The number of hydrogen-bond acceptors (Lipinski definition) is 5. The molecule has 1 N–H and O–H groups in total. The summed E-state index contributed by atoms with van der Waals surface area (Å²) in [4.78, 5) is 1.97. The standard InChI is InChI=1S/C13H17ClN4O/c1-9-10(5-4-6-11(9)14)7-15-13-17-16-12(19-13)8-18(2)3/h4-6H,7-8H2,1-3H3,(H,15,17). The molecule has 0 radical (unpaired) electrons. The molecule has 0 amide bonds. The maximum absolute atomic E-state index is 6.07. The number of nitrogens with one attached hydrogen (secondary N) is 1. The summed E-state index contributed by atoms with van der Waals surface area (Å²) in [5.41, 5.74) is 2.17. The molecule has 19 heavy (non-hydrogen) atoms. The van der Waals surface area contributed by atoms with Gasteiger partial charge < -0.3 is 14.6 Å². The van der Waals surface area contributed by atoms with Gasteiger partial charge in [-0.05, 0) is 38.2 Å². The molecule has 0 saturated carbocycles. The quantitative estimate of drug-likeness (QED) is 0.913. The Morgan fingerprint density at radius 3 is 2.84 bits per heavy atom. The molecule has 1 heterocycles. The van der Waals surface area contributed by atoms with Gasteiger partial charge in [-0.25, -0.2) is 0 Å². The highest BCUT2D eigenvalue weighted by atomic mass is 35.5. The van der Waals surface area contributed by atoms with Crippen LogP contribution in [0.2, 0.25) is 5.02 Å². The van der Waals surface area contributed by atoms with E-state index in [1.54, 1.807) is 0 Å². The Morgan fingerprint density at radius 1 is 1.32 bits per heavy atom. The van der Waals surface area contributed by atoms with Gasteiger partial charge in [0.2, 0.25) is 5.89 Å². The first-order chi connectivity index (χ1) is 9.06. The fourth-order valence-electron chi connectivity index (χ4n) is 1.67. The van der Waals surface area contributed by atoms with Gasteiger partial charge in [0.25, 0.3) is 0 Å². The van der Waals surface area contributed by atoms with E-state index in [1.165, 1.54) is 0 Å². The second kappa shape index (κ2) is 6.04. The molecular formula is C13H17ClN4O. The van der Waals surface area contributed by atoms with E-state index in [0.29, 0.717) is 25.0 Å². The highest BCUT2D eigenvalue weighted by Crippen LogP contribution is 2.19. The fraction of sp³-hybridized carbons (Fsp3) is 0.385. The zero-order valence-corrected chi connectivity index (χ0v) is 12.0. The van der Waals surface area contributed by atoms with Crippen LogP contribution in [0, 0.1) is 6.92 Å². The summed E-state index contributed by atoms with van der Waals surface area (Å²) in [6.07, 6.45) is 0. The lowest BCUT2D eigenvalue weighted by atomic mass is 10.1. The summed E-state index contributed by atoms with van der Waals surface area (Å²) in [5, 5.41) is 11.8. The van der Waals surface area contributed by atoms with E-state index in [4.69, 9.17) is 16.0 Å². The first-order valence-corrected chi connectivity index (χ1v) is 6.39. The molecule has 0 unspecified atom stereocenters. The van der Waals surface area contributed by atoms with Crippen LogP contribution in [0.5, 0.6) is 0 Å². The molecule has 0 aliphatic rings. The fourth-order valence-corrected chi connectivity index (χ4v) is 1.87. The van der Waals surface area contributed by atoms with Crippen LogP contribution >= 0.6 is 11.6 Å². The van der Waals surface area contributed by atoms with Gasteiger partial charge in [0, 0.05) is 11.6 Å². The van der Waals surface area contributed by atoms with Crippen molar-refractivity contribution in [2.75, 3.05) is 19.4 Å². The van der Waals surface area contributed by atoms with Crippen molar-refractivity contribution in [2.24, 2.45) is 0 Å². The van der Waals surface area contributed by atoms with E-state index in [-0.39, 0.29) is 0 Å². The van der Waals surface area contributed by atoms with Crippen LogP contribution in [0.25, 0.3) is 0 Å². The molecule has 102 valence electrons. The van der Waals surface area contributed by atoms with Gasteiger partial charge in [0.05, 0.1) is 6.54 Å². The van der Waals surface area contributed by atoms with Crippen LogP contribution in [-0.2, 0) is 13.1 Å². The van der Waals surface area contributed by atoms with Crippen LogP contribution in [-0.4, -0.2) is 29.2 Å². The van der Waals surface area contributed by atoms with Gasteiger partial charge in [-0.3, -0.25) is 0 Å². The van der Waals surface area contributed by atoms with Crippen molar-refractivity contribution in [3.8, 4) is 0 Å². The van der Waals surface area contributed by atoms with E-state index in [9.17, 15) is 0 Å². The summed E-state index contributed by atoms with van der Waals surface area (Å²) < 4.78 is 5.48. The minimum Gasteiger partial charge on any atom is -0.407 e. The molecule has 0 bridgehead atoms. The molecule has 1 aromatic carbocycles. The average Bonchev–Trinajstić information content (AvgIpc) is 2.78. The molecule has 5 nitrogen and oxygen atoms in total. The number of benzene rings is 1. The Morgan fingerprint density at radius 2 is 2.11 bits per heavy atom. The Balaban J connectivity index is 1.98. The van der Waals surface area contributed by atoms with E-state index < -0.39 is 0 Å². The molecule has 0 aliphatic carbocycles. The predicted molar refractivity (Wildman–Crippen MR) is 75.2 cm³/mol. The predicted octanol–water partition coefficient (Wildman–Crippen LogP) is 2.71. The van der Waals surface area contributed by atoms with Crippen molar-refractivity contribution in [3.05, 3.63) is 40.2 Å². The van der Waals surface area contributed by atoms with Crippen LogP contribution in [0.4, 0.5) is 6.01 Å². The molecule has 0 aliphatic heterocycles. The van der Waals surface area contributed by atoms with Crippen molar-refractivity contribution in [1.82, 2.24) is 15.1 Å². The lowest BCUT2D eigenvalue weighted by Gasteiger charge is -2.07. The number of halogens is 1. The van der Waals surface area contributed by atoms with Crippen molar-refractivity contribution < 1.29 is 4.42 Å². The third-order valence-corrected chi connectivity index (χ3v) is 3.14. The van der Waals surface area contributed by atoms with Gasteiger partial charge in [-0.2, -0.15) is 0 Å². The Bertz CT molecular complexity index is 553. The summed E-state index contributed by atoms with van der Waals surface area (Å²) in [6, 6.07) is 6.25. The lowest BCUT2D eigenvalue weighted by Crippen LogP contribution is -2.10. The molecule has 0 saturated heterocycles. The normalized spacial score (nSPS) is 11.0. The number of aromatic nitrogens is 2. The largest absolute Gasteiger partial charge is 0.407 e. The van der Waals surface area contributed by atoms with E-state index >= 15 is 0 Å². The van der Waals surface area contributed by atoms with Crippen molar-refractivity contribution in [2.45, 2.75) is 20.0 Å². The SMILES string of the molecule is Cc1c(Cl)cccc1CNc1nnc(CN(C)C)o1. The first-order valence-electron chi connectivity index (χ1n) is 6.01. The first kappa shape index (κ1) is 13.8. The van der Waals surface area contributed by atoms with E-state index in [0.717, 1.165) is 16.1 Å². The van der Waals surface area contributed by atoms with Gasteiger partial charge in [0.15, 0.2) is 0 Å². The molecular weight excluding hydrogens is 264 g/mol. The topological polar surface area (TPSA) is 54.2 Å². The number of rotatable bonds is 5. The molecule has 2 aromatic rings. The number of nitrogens with zero attached hydrogens (tertiary/aromatic N) is 3. The Labute approximate surface area is 117 Å². The summed E-state index contributed by atoms with van der Waals surface area (Å²) >= 11 is 6.07. The second-order valence-corrected chi connectivity index (χ2v) is 5.02. The van der Waals surface area contributed by atoms with Crippen molar-refractivity contribution >= 4 is 17.6 Å². The summed E-state index contributed by atoms with van der Waals surface area (Å²) in [6.45, 7) is 3.23. The molecule has 2 rings (SSSR count). The third-order valence-electron chi connectivity index (χ3n) is 2.73. The maximum Gasteiger partial charge on any atom is 0.315 e. The highest BCUT2D eigenvalue weighted by molar-refractivity contribution is 6.31. The van der Waals surface area contributed by atoms with Crippen molar-refractivity contribution in [3.63, 3.8) is 0 Å². The van der Waals surface area contributed by atoms with Gasteiger partial charge in [0.1, 0.15) is 0 Å². The third kappa shape index (κ3) is 3.68. The van der Waals surface area contributed by atoms with Crippen LogP contribution in [0.15, 0.2) is 22.6 Å². The van der Waals surface area contributed by atoms with Crippen LogP contribution in [0.3, 0.4) is 0 Å². The molecule has 1 aromatic heterocycles. The molecule has 6 heteroatoms. The maximum atomic E-state index is 6.07. The smallest absolute Gasteiger partial charge is 0.315 e. The average molecular weight is 281 g/mol. The van der Waals surface area contributed by atoms with E-state index in [1.807, 2.05) is 44.1 Å². The minimum atomic E-state index is 0.427. The molecule has 0 fully saturated rings.